The van der Waals surface area contributed by atoms with Gasteiger partial charge in [-0.2, -0.15) is 0 Å². The van der Waals surface area contributed by atoms with E-state index in [1.165, 1.54) is 44.4 Å². The van der Waals surface area contributed by atoms with E-state index in [1.54, 1.807) is 19.3 Å². The summed E-state index contributed by atoms with van der Waals surface area (Å²) in [4.78, 5) is 12.6. The molecular formula is C22H27NO5S. The monoisotopic (exact) mass is 417 g/mol. The second-order valence-corrected chi connectivity index (χ2v) is 9.28. The van der Waals surface area contributed by atoms with Crippen LogP contribution in [0.25, 0.3) is 6.08 Å². The van der Waals surface area contributed by atoms with E-state index in [0.717, 1.165) is 9.87 Å². The zero-order valence-electron chi connectivity index (χ0n) is 17.4. The van der Waals surface area contributed by atoms with E-state index >= 15 is 0 Å². The average molecular weight is 418 g/mol. The standard InChI is InChI=1S/C22H27NO5S/c1-16(2)15-28-22-14-17(7-13-21(22)27-5)6-12-20(24)18-8-10-19(11-9-18)29(25,26)23(3)4/h6-14,16H,15H2,1-5H3. The van der Waals surface area contributed by atoms with Gasteiger partial charge in [0.05, 0.1) is 18.6 Å². The van der Waals surface area contributed by atoms with Crippen LogP contribution in [0.3, 0.4) is 0 Å². The summed E-state index contributed by atoms with van der Waals surface area (Å²) in [6.07, 6.45) is 3.14. The molecule has 7 heteroatoms. The maximum atomic E-state index is 12.4. The van der Waals surface area contributed by atoms with Gasteiger partial charge in [0.1, 0.15) is 0 Å². The highest BCUT2D eigenvalue weighted by molar-refractivity contribution is 7.89. The summed E-state index contributed by atoms with van der Waals surface area (Å²) in [7, 11) is 0.987. The molecule has 2 aromatic carbocycles. The third kappa shape index (κ3) is 5.92. The molecule has 6 nitrogen and oxygen atoms in total. The minimum atomic E-state index is -3.52. The summed E-state index contributed by atoms with van der Waals surface area (Å²) in [6.45, 7) is 4.68. The van der Waals surface area contributed by atoms with Gasteiger partial charge in [0.2, 0.25) is 10.0 Å². The molecule has 0 unspecified atom stereocenters. The second kappa shape index (κ2) is 9.71. The van der Waals surface area contributed by atoms with Gasteiger partial charge in [-0.25, -0.2) is 12.7 Å². The Morgan fingerprint density at radius 3 is 2.28 bits per heavy atom. The van der Waals surface area contributed by atoms with Crippen molar-refractivity contribution in [1.82, 2.24) is 4.31 Å². The normalized spacial score (nSPS) is 12.0. The van der Waals surface area contributed by atoms with Gasteiger partial charge in [0.15, 0.2) is 17.3 Å². The number of allylic oxidation sites excluding steroid dienone is 1. The van der Waals surface area contributed by atoms with Crippen LogP contribution < -0.4 is 9.47 Å². The zero-order valence-corrected chi connectivity index (χ0v) is 18.2. The Morgan fingerprint density at radius 2 is 1.72 bits per heavy atom. The predicted molar refractivity (Wildman–Crippen MR) is 114 cm³/mol. The average Bonchev–Trinajstić information content (AvgIpc) is 2.70. The maximum Gasteiger partial charge on any atom is 0.242 e. The fraction of sp³-hybridized carbons (Fsp3) is 0.318. The van der Waals surface area contributed by atoms with Crippen LogP contribution in [-0.4, -0.2) is 46.3 Å². The summed E-state index contributed by atoms with van der Waals surface area (Å²) >= 11 is 0. The molecule has 156 valence electrons. The number of carbonyl (C=O) groups is 1. The van der Waals surface area contributed by atoms with Crippen molar-refractivity contribution < 1.29 is 22.7 Å². The lowest BCUT2D eigenvalue weighted by molar-refractivity contribution is 0.104. The Morgan fingerprint density at radius 1 is 1.07 bits per heavy atom. The smallest absolute Gasteiger partial charge is 0.242 e. The molecule has 2 aromatic rings. The minimum Gasteiger partial charge on any atom is -0.493 e. The number of benzene rings is 2. The van der Waals surface area contributed by atoms with Crippen LogP contribution in [0.4, 0.5) is 0 Å². The summed E-state index contributed by atoms with van der Waals surface area (Å²) in [5.74, 6) is 1.40. The van der Waals surface area contributed by atoms with Crippen LogP contribution >= 0.6 is 0 Å². The third-order valence-corrected chi connectivity index (χ3v) is 5.93. The van der Waals surface area contributed by atoms with Crippen molar-refractivity contribution >= 4 is 21.9 Å². The topological polar surface area (TPSA) is 72.9 Å². The molecule has 0 aliphatic heterocycles. The zero-order chi connectivity index (χ0) is 21.6. The number of rotatable bonds is 9. The number of sulfonamides is 1. The van der Waals surface area contributed by atoms with Crippen molar-refractivity contribution in [2.45, 2.75) is 18.7 Å². The van der Waals surface area contributed by atoms with E-state index in [4.69, 9.17) is 9.47 Å². The quantitative estimate of drug-likeness (QED) is 0.457. The van der Waals surface area contributed by atoms with E-state index in [9.17, 15) is 13.2 Å². The molecule has 0 spiro atoms. The molecule has 0 N–H and O–H groups in total. The van der Waals surface area contributed by atoms with Crippen LogP contribution in [-0.2, 0) is 10.0 Å². The molecule has 0 bridgehead atoms. The highest BCUT2D eigenvalue weighted by Gasteiger charge is 2.17. The van der Waals surface area contributed by atoms with E-state index < -0.39 is 10.0 Å². The van der Waals surface area contributed by atoms with Crippen LogP contribution in [0.5, 0.6) is 11.5 Å². The Labute approximate surface area is 172 Å². The van der Waals surface area contributed by atoms with Crippen molar-refractivity contribution in [3.63, 3.8) is 0 Å². The Kier molecular flexibility index (Phi) is 7.59. The first kappa shape index (κ1) is 22.6. The van der Waals surface area contributed by atoms with E-state index in [1.807, 2.05) is 12.1 Å². The van der Waals surface area contributed by atoms with Gasteiger partial charge in [-0.3, -0.25) is 4.79 Å². The van der Waals surface area contributed by atoms with E-state index in [0.29, 0.717) is 29.6 Å². The Hall–Kier alpha value is -2.64. The van der Waals surface area contributed by atoms with Gasteiger partial charge in [0, 0.05) is 19.7 Å². The first-order valence-electron chi connectivity index (χ1n) is 9.21. The summed E-state index contributed by atoms with van der Waals surface area (Å²) in [6, 6.07) is 11.3. The number of carbonyl (C=O) groups excluding carboxylic acids is 1. The Balaban J connectivity index is 2.17. The molecule has 0 fully saturated rings. The van der Waals surface area contributed by atoms with Crippen molar-refractivity contribution in [3.8, 4) is 11.5 Å². The summed E-state index contributed by atoms with van der Waals surface area (Å²) in [5.41, 5.74) is 1.20. The lowest BCUT2D eigenvalue weighted by atomic mass is 10.1. The van der Waals surface area contributed by atoms with Gasteiger partial charge in [-0.1, -0.05) is 26.0 Å². The number of hydrogen-bond acceptors (Lipinski definition) is 5. The highest BCUT2D eigenvalue weighted by Crippen LogP contribution is 2.29. The molecule has 0 saturated heterocycles. The fourth-order valence-electron chi connectivity index (χ4n) is 2.44. The molecule has 29 heavy (non-hydrogen) atoms. The molecule has 2 rings (SSSR count). The van der Waals surface area contributed by atoms with Gasteiger partial charge in [0.25, 0.3) is 0 Å². The Bertz CT molecular complexity index is 977. The molecule has 0 aliphatic rings. The van der Waals surface area contributed by atoms with E-state index in [-0.39, 0.29) is 10.7 Å². The highest BCUT2D eigenvalue weighted by atomic mass is 32.2. The molecule has 0 aromatic heterocycles. The van der Waals surface area contributed by atoms with Crippen LogP contribution in [0.15, 0.2) is 53.4 Å². The van der Waals surface area contributed by atoms with E-state index in [2.05, 4.69) is 13.8 Å². The number of ether oxygens (including phenoxy) is 2. The minimum absolute atomic E-state index is 0.144. The van der Waals surface area contributed by atoms with Gasteiger partial charge in [-0.15, -0.1) is 0 Å². The molecule has 0 atom stereocenters. The maximum absolute atomic E-state index is 12.4. The van der Waals surface area contributed by atoms with Crippen LogP contribution in [0.1, 0.15) is 29.8 Å². The number of hydrogen-bond donors (Lipinski definition) is 0. The SMILES string of the molecule is COc1ccc(C=CC(=O)c2ccc(S(=O)(=O)N(C)C)cc2)cc1OCC(C)C. The largest absolute Gasteiger partial charge is 0.493 e. The fourth-order valence-corrected chi connectivity index (χ4v) is 3.34. The number of ketones is 1. The van der Waals surface area contributed by atoms with Crippen molar-refractivity contribution in [2.24, 2.45) is 5.92 Å². The predicted octanol–water partition coefficient (Wildman–Crippen LogP) is 3.88. The lowest BCUT2D eigenvalue weighted by Gasteiger charge is -2.13. The number of methoxy groups -OCH3 is 1. The van der Waals surface area contributed by atoms with Crippen LogP contribution in [0, 0.1) is 5.92 Å². The molecule has 0 heterocycles. The number of nitrogens with zero attached hydrogens (tertiary/aromatic N) is 1. The first-order chi connectivity index (χ1) is 13.6. The summed E-state index contributed by atoms with van der Waals surface area (Å²) < 4.78 is 36.4. The van der Waals surface area contributed by atoms with Gasteiger partial charge >= 0.3 is 0 Å². The van der Waals surface area contributed by atoms with Crippen molar-refractivity contribution in [1.29, 1.82) is 0 Å². The lowest BCUT2D eigenvalue weighted by Crippen LogP contribution is -2.22. The van der Waals surface area contributed by atoms with Gasteiger partial charge < -0.3 is 9.47 Å². The van der Waals surface area contributed by atoms with Crippen molar-refractivity contribution in [3.05, 3.63) is 59.7 Å². The molecule has 0 radical (unpaired) electrons. The van der Waals surface area contributed by atoms with Crippen LogP contribution in [0.2, 0.25) is 0 Å². The van der Waals surface area contributed by atoms with Gasteiger partial charge in [-0.05, 0) is 54.0 Å². The third-order valence-electron chi connectivity index (χ3n) is 4.10. The van der Waals surface area contributed by atoms with Crippen molar-refractivity contribution in [2.75, 3.05) is 27.8 Å². The molecule has 0 saturated carbocycles. The molecule has 0 aliphatic carbocycles. The first-order valence-corrected chi connectivity index (χ1v) is 10.6. The molecular weight excluding hydrogens is 390 g/mol. The summed E-state index contributed by atoms with van der Waals surface area (Å²) in [5, 5.41) is 0. The second-order valence-electron chi connectivity index (χ2n) is 7.12. The molecule has 0 amide bonds.